The fraction of sp³-hybridized carbons (Fsp3) is 0.300. The molecular weight excluding hydrogens is 380 g/mol. The van der Waals surface area contributed by atoms with Crippen molar-refractivity contribution in [3.05, 3.63) is 59.7 Å². The van der Waals surface area contributed by atoms with E-state index in [1.807, 2.05) is 19.1 Å². The van der Waals surface area contributed by atoms with Crippen molar-refractivity contribution in [2.75, 3.05) is 11.9 Å². The van der Waals surface area contributed by atoms with E-state index in [9.17, 15) is 18.0 Å². The molecule has 0 spiro atoms. The van der Waals surface area contributed by atoms with Gasteiger partial charge in [-0.15, -0.1) is 0 Å². The smallest absolute Gasteiger partial charge is 0.307 e. The van der Waals surface area contributed by atoms with Gasteiger partial charge in [0.2, 0.25) is 15.9 Å². The van der Waals surface area contributed by atoms with Crippen LogP contribution in [0.4, 0.5) is 5.69 Å². The van der Waals surface area contributed by atoms with E-state index in [1.54, 1.807) is 19.1 Å². The van der Waals surface area contributed by atoms with Crippen LogP contribution >= 0.6 is 0 Å². The summed E-state index contributed by atoms with van der Waals surface area (Å²) in [6.07, 6.45) is -0.125. The molecule has 0 aliphatic rings. The number of aryl methyl sites for hydroxylation is 1. The molecule has 2 rings (SSSR count). The van der Waals surface area contributed by atoms with E-state index < -0.39 is 22.0 Å². The number of rotatable bonds is 8. The predicted octanol–water partition coefficient (Wildman–Crippen LogP) is 2.93. The van der Waals surface area contributed by atoms with E-state index in [2.05, 4.69) is 10.0 Å². The Bertz CT molecular complexity index is 922. The molecule has 2 N–H and O–H groups in total. The van der Waals surface area contributed by atoms with Gasteiger partial charge in [0.25, 0.3) is 0 Å². The second-order valence-corrected chi connectivity index (χ2v) is 8.01. The van der Waals surface area contributed by atoms with Gasteiger partial charge in [-0.05, 0) is 43.7 Å². The zero-order valence-corrected chi connectivity index (χ0v) is 16.9. The van der Waals surface area contributed by atoms with Crippen LogP contribution in [0.3, 0.4) is 0 Å². The SMILES string of the molecule is CCOC(=O)CC(NS(=O)(=O)c1ccc(NC(C)=O)cc1)c1ccc(C)cc1. The molecule has 0 aliphatic heterocycles. The van der Waals surface area contributed by atoms with Gasteiger partial charge < -0.3 is 10.1 Å². The standard InChI is InChI=1S/C20H24N2O5S/c1-4-27-20(24)13-19(16-7-5-14(2)6-8-16)22-28(25,26)18-11-9-17(10-12-18)21-15(3)23/h5-12,19,22H,4,13H2,1-3H3,(H,21,23). The summed E-state index contributed by atoms with van der Waals surface area (Å²) in [6, 6.07) is 12.3. The van der Waals surface area contributed by atoms with Crippen molar-refractivity contribution in [1.29, 1.82) is 0 Å². The first-order valence-electron chi connectivity index (χ1n) is 8.83. The molecule has 0 saturated heterocycles. The lowest BCUT2D eigenvalue weighted by Crippen LogP contribution is -2.30. The van der Waals surface area contributed by atoms with Crippen LogP contribution in [0.5, 0.6) is 0 Å². The third-order valence-electron chi connectivity index (χ3n) is 3.94. The highest BCUT2D eigenvalue weighted by atomic mass is 32.2. The van der Waals surface area contributed by atoms with Gasteiger partial charge in [-0.1, -0.05) is 29.8 Å². The van der Waals surface area contributed by atoms with Gasteiger partial charge in [0.15, 0.2) is 0 Å². The number of sulfonamides is 1. The molecule has 0 heterocycles. The normalized spacial score (nSPS) is 12.2. The highest BCUT2D eigenvalue weighted by Gasteiger charge is 2.24. The number of benzene rings is 2. The van der Waals surface area contributed by atoms with Crippen LogP contribution in [0.15, 0.2) is 53.4 Å². The lowest BCUT2D eigenvalue weighted by molar-refractivity contribution is -0.143. The average molecular weight is 404 g/mol. The van der Waals surface area contributed by atoms with Crippen LogP contribution < -0.4 is 10.0 Å². The van der Waals surface area contributed by atoms with Crippen molar-refractivity contribution in [1.82, 2.24) is 4.72 Å². The molecule has 0 fully saturated rings. The molecule has 2 aromatic rings. The van der Waals surface area contributed by atoms with Crippen LogP contribution in [0.1, 0.15) is 37.4 Å². The predicted molar refractivity (Wildman–Crippen MR) is 106 cm³/mol. The Morgan fingerprint density at radius 3 is 2.18 bits per heavy atom. The Labute approximate surface area is 165 Å². The molecule has 150 valence electrons. The fourth-order valence-electron chi connectivity index (χ4n) is 2.59. The molecule has 8 heteroatoms. The molecule has 28 heavy (non-hydrogen) atoms. The summed E-state index contributed by atoms with van der Waals surface area (Å²) < 4.78 is 33.2. The van der Waals surface area contributed by atoms with Gasteiger partial charge in [0, 0.05) is 12.6 Å². The Balaban J connectivity index is 2.26. The summed E-state index contributed by atoms with van der Waals surface area (Å²) in [5, 5.41) is 2.58. The van der Waals surface area contributed by atoms with Crippen molar-refractivity contribution in [3.8, 4) is 0 Å². The van der Waals surface area contributed by atoms with Crippen LogP contribution in [-0.2, 0) is 24.3 Å². The number of esters is 1. The van der Waals surface area contributed by atoms with E-state index in [1.165, 1.54) is 31.2 Å². The molecule has 1 atom stereocenters. The molecule has 0 aromatic heterocycles. The quantitative estimate of drug-likeness (QED) is 0.659. The number of carbonyl (C=O) groups excluding carboxylic acids is 2. The monoisotopic (exact) mass is 404 g/mol. The zero-order valence-electron chi connectivity index (χ0n) is 16.1. The minimum atomic E-state index is -3.89. The van der Waals surface area contributed by atoms with E-state index in [4.69, 9.17) is 4.74 Å². The number of carbonyl (C=O) groups is 2. The molecule has 0 radical (unpaired) electrons. The number of hydrogen-bond donors (Lipinski definition) is 2. The van der Waals surface area contributed by atoms with Gasteiger partial charge in [-0.2, -0.15) is 0 Å². The summed E-state index contributed by atoms with van der Waals surface area (Å²) in [7, 11) is -3.89. The first-order chi connectivity index (χ1) is 13.2. The fourth-order valence-corrected chi connectivity index (χ4v) is 3.81. The third-order valence-corrected chi connectivity index (χ3v) is 5.43. The Kier molecular flexibility index (Phi) is 7.31. The van der Waals surface area contributed by atoms with Crippen molar-refractivity contribution in [2.24, 2.45) is 0 Å². The second-order valence-electron chi connectivity index (χ2n) is 6.30. The van der Waals surface area contributed by atoms with E-state index in [-0.39, 0.29) is 23.8 Å². The largest absolute Gasteiger partial charge is 0.466 e. The number of anilines is 1. The number of ether oxygens (including phenoxy) is 1. The Morgan fingerprint density at radius 2 is 1.64 bits per heavy atom. The lowest BCUT2D eigenvalue weighted by atomic mass is 10.0. The van der Waals surface area contributed by atoms with Gasteiger partial charge >= 0.3 is 5.97 Å². The number of hydrogen-bond acceptors (Lipinski definition) is 5. The van der Waals surface area contributed by atoms with Crippen molar-refractivity contribution in [2.45, 2.75) is 38.1 Å². The minimum absolute atomic E-state index is 0.0302. The Morgan fingerprint density at radius 1 is 1.04 bits per heavy atom. The summed E-state index contributed by atoms with van der Waals surface area (Å²) in [5.41, 5.74) is 2.18. The minimum Gasteiger partial charge on any atom is -0.466 e. The summed E-state index contributed by atoms with van der Waals surface area (Å²) in [4.78, 5) is 23.1. The summed E-state index contributed by atoms with van der Waals surface area (Å²) in [5.74, 6) is -0.737. The number of nitrogens with one attached hydrogen (secondary N) is 2. The molecule has 2 aromatic carbocycles. The van der Waals surface area contributed by atoms with Crippen LogP contribution in [0.25, 0.3) is 0 Å². The zero-order chi connectivity index (χ0) is 20.7. The van der Waals surface area contributed by atoms with Crippen molar-refractivity contribution < 1.29 is 22.7 Å². The Hall–Kier alpha value is -2.71. The third kappa shape index (κ3) is 6.17. The lowest BCUT2D eigenvalue weighted by Gasteiger charge is -2.19. The molecule has 1 unspecified atom stereocenters. The van der Waals surface area contributed by atoms with Gasteiger partial charge in [-0.25, -0.2) is 13.1 Å². The number of amides is 1. The van der Waals surface area contributed by atoms with Crippen molar-refractivity contribution >= 4 is 27.6 Å². The molecule has 0 saturated carbocycles. The van der Waals surface area contributed by atoms with E-state index >= 15 is 0 Å². The topological polar surface area (TPSA) is 102 Å². The average Bonchev–Trinajstić information content (AvgIpc) is 2.62. The van der Waals surface area contributed by atoms with Gasteiger partial charge in [0.1, 0.15) is 0 Å². The first kappa shape index (κ1) is 21.6. The molecular formula is C20H24N2O5S. The maximum atomic E-state index is 12.8. The van der Waals surface area contributed by atoms with Crippen LogP contribution in [-0.4, -0.2) is 26.9 Å². The van der Waals surface area contributed by atoms with Crippen LogP contribution in [0.2, 0.25) is 0 Å². The maximum Gasteiger partial charge on any atom is 0.307 e. The summed E-state index contributed by atoms with van der Waals surface area (Å²) >= 11 is 0. The highest BCUT2D eigenvalue weighted by molar-refractivity contribution is 7.89. The second kappa shape index (κ2) is 9.48. The summed E-state index contributed by atoms with van der Waals surface area (Å²) in [6.45, 7) is 5.20. The van der Waals surface area contributed by atoms with Gasteiger partial charge in [-0.3, -0.25) is 9.59 Å². The highest BCUT2D eigenvalue weighted by Crippen LogP contribution is 2.22. The van der Waals surface area contributed by atoms with Crippen molar-refractivity contribution in [3.63, 3.8) is 0 Å². The van der Waals surface area contributed by atoms with Gasteiger partial charge in [0.05, 0.1) is 24.0 Å². The van der Waals surface area contributed by atoms with E-state index in [0.29, 0.717) is 11.3 Å². The maximum absolute atomic E-state index is 12.8. The molecule has 0 bridgehead atoms. The molecule has 0 aliphatic carbocycles. The van der Waals surface area contributed by atoms with Crippen LogP contribution in [0, 0.1) is 6.92 Å². The molecule has 1 amide bonds. The first-order valence-corrected chi connectivity index (χ1v) is 10.3. The van der Waals surface area contributed by atoms with E-state index in [0.717, 1.165) is 5.56 Å². The molecule has 7 nitrogen and oxygen atoms in total.